The zero-order chi connectivity index (χ0) is 10.2. The van der Waals surface area contributed by atoms with Crippen LogP contribution in [0.4, 0.5) is 0 Å². The Morgan fingerprint density at radius 2 is 2.14 bits per heavy atom. The lowest BCUT2D eigenvalue weighted by Gasteiger charge is -2.31. The van der Waals surface area contributed by atoms with Crippen molar-refractivity contribution >= 4 is 5.91 Å². The fourth-order valence-corrected chi connectivity index (χ4v) is 2.14. The molecule has 80 valence electrons. The molecule has 0 bridgehead atoms. The van der Waals surface area contributed by atoms with E-state index < -0.39 is 0 Å². The van der Waals surface area contributed by atoms with E-state index in [1.165, 1.54) is 6.42 Å². The largest absolute Gasteiger partial charge is 0.351 e. The van der Waals surface area contributed by atoms with Crippen LogP contribution in [-0.4, -0.2) is 25.0 Å². The predicted octanol–water partition coefficient (Wildman–Crippen LogP) is 0.901. The summed E-state index contributed by atoms with van der Waals surface area (Å²) in [6.07, 6.45) is 3.41. The molecule has 1 unspecified atom stereocenters. The van der Waals surface area contributed by atoms with Crippen molar-refractivity contribution in [3.05, 3.63) is 0 Å². The van der Waals surface area contributed by atoms with Gasteiger partial charge in [-0.2, -0.15) is 0 Å². The van der Waals surface area contributed by atoms with Crippen molar-refractivity contribution in [1.29, 1.82) is 0 Å². The first kappa shape index (κ1) is 9.97. The Bertz CT molecular complexity index is 233. The van der Waals surface area contributed by atoms with Crippen molar-refractivity contribution in [1.82, 2.24) is 10.6 Å². The summed E-state index contributed by atoms with van der Waals surface area (Å²) in [6.45, 7) is 6.34. The number of rotatable bonds is 2. The van der Waals surface area contributed by atoms with Gasteiger partial charge in [-0.1, -0.05) is 20.3 Å². The van der Waals surface area contributed by atoms with Gasteiger partial charge in [-0.25, -0.2) is 0 Å². The maximum atomic E-state index is 11.7. The normalized spacial score (nSPS) is 31.1. The van der Waals surface area contributed by atoms with Gasteiger partial charge in [0.25, 0.3) is 0 Å². The minimum atomic E-state index is 0.208. The summed E-state index contributed by atoms with van der Waals surface area (Å²) in [5.41, 5.74) is 0.208. The summed E-state index contributed by atoms with van der Waals surface area (Å²) >= 11 is 0. The molecule has 1 saturated heterocycles. The highest BCUT2D eigenvalue weighted by Gasteiger charge is 2.37. The van der Waals surface area contributed by atoms with Gasteiger partial charge < -0.3 is 10.6 Å². The molecular weight excluding hydrogens is 176 g/mol. The van der Waals surface area contributed by atoms with Crippen molar-refractivity contribution in [2.45, 2.75) is 39.2 Å². The molecule has 2 fully saturated rings. The lowest BCUT2D eigenvalue weighted by Crippen LogP contribution is -2.47. The van der Waals surface area contributed by atoms with Crippen LogP contribution in [0.5, 0.6) is 0 Å². The Hall–Kier alpha value is -0.570. The Morgan fingerprint density at radius 1 is 1.43 bits per heavy atom. The maximum absolute atomic E-state index is 11.7. The lowest BCUT2D eigenvalue weighted by molar-refractivity contribution is -0.128. The Kier molecular flexibility index (Phi) is 2.52. The first-order valence-corrected chi connectivity index (χ1v) is 5.61. The Morgan fingerprint density at radius 3 is 2.57 bits per heavy atom. The van der Waals surface area contributed by atoms with Gasteiger partial charge in [0.1, 0.15) is 0 Å². The third-order valence-electron chi connectivity index (χ3n) is 3.66. The van der Waals surface area contributed by atoms with Crippen LogP contribution in [0, 0.1) is 11.3 Å². The summed E-state index contributed by atoms with van der Waals surface area (Å²) in [4.78, 5) is 11.7. The van der Waals surface area contributed by atoms with E-state index in [4.69, 9.17) is 0 Å². The molecule has 1 aliphatic heterocycles. The Labute approximate surface area is 85.6 Å². The van der Waals surface area contributed by atoms with Crippen LogP contribution in [0.1, 0.15) is 33.1 Å². The fraction of sp³-hybridized carbons (Fsp3) is 0.909. The minimum Gasteiger partial charge on any atom is -0.351 e. The van der Waals surface area contributed by atoms with Gasteiger partial charge in [0.05, 0.1) is 0 Å². The Balaban J connectivity index is 1.87. The molecule has 2 rings (SSSR count). The lowest BCUT2D eigenvalue weighted by atomic mass is 9.83. The highest BCUT2D eigenvalue weighted by molar-refractivity contribution is 5.79. The molecule has 1 heterocycles. The second-order valence-electron chi connectivity index (χ2n) is 5.31. The van der Waals surface area contributed by atoms with Gasteiger partial charge in [-0.05, 0) is 18.3 Å². The molecule has 2 aliphatic rings. The molecule has 0 spiro atoms. The number of hydrogen-bond donors (Lipinski definition) is 2. The number of nitrogens with one attached hydrogen (secondary N) is 2. The van der Waals surface area contributed by atoms with E-state index in [-0.39, 0.29) is 11.3 Å². The van der Waals surface area contributed by atoms with Crippen LogP contribution in [-0.2, 0) is 4.79 Å². The molecule has 1 amide bonds. The third-order valence-corrected chi connectivity index (χ3v) is 3.66. The smallest absolute Gasteiger partial charge is 0.223 e. The average molecular weight is 196 g/mol. The first-order valence-electron chi connectivity index (χ1n) is 5.61. The summed E-state index contributed by atoms with van der Waals surface area (Å²) < 4.78 is 0. The van der Waals surface area contributed by atoms with E-state index in [1.807, 2.05) is 0 Å². The van der Waals surface area contributed by atoms with Crippen LogP contribution in [0.2, 0.25) is 0 Å². The van der Waals surface area contributed by atoms with Crippen molar-refractivity contribution in [2.75, 3.05) is 13.1 Å². The van der Waals surface area contributed by atoms with Crippen molar-refractivity contribution < 1.29 is 4.79 Å². The van der Waals surface area contributed by atoms with Gasteiger partial charge >= 0.3 is 0 Å². The van der Waals surface area contributed by atoms with Crippen LogP contribution in [0.15, 0.2) is 0 Å². The van der Waals surface area contributed by atoms with Crippen LogP contribution >= 0.6 is 0 Å². The van der Waals surface area contributed by atoms with E-state index in [2.05, 4.69) is 24.5 Å². The summed E-state index contributed by atoms with van der Waals surface area (Å²) in [6, 6.07) is 0.315. The number of carbonyl (C=O) groups excluding carboxylic acids is 1. The maximum Gasteiger partial charge on any atom is 0.223 e. The van der Waals surface area contributed by atoms with E-state index in [9.17, 15) is 4.79 Å². The molecule has 1 saturated carbocycles. The fourth-order valence-electron chi connectivity index (χ4n) is 2.14. The third kappa shape index (κ3) is 1.78. The zero-order valence-electron chi connectivity index (χ0n) is 9.10. The van der Waals surface area contributed by atoms with Crippen LogP contribution < -0.4 is 10.6 Å². The molecule has 0 aromatic heterocycles. The van der Waals surface area contributed by atoms with Crippen molar-refractivity contribution in [2.24, 2.45) is 11.3 Å². The standard InChI is InChI=1S/C11H20N2O/c1-11(2)7-12-6-9(11)13-10(14)8-4-3-5-8/h8-9,12H,3-7H2,1-2H3,(H,13,14). The van der Waals surface area contributed by atoms with Crippen molar-refractivity contribution in [3.63, 3.8) is 0 Å². The van der Waals surface area contributed by atoms with E-state index in [0.29, 0.717) is 12.0 Å². The molecule has 3 heteroatoms. The molecule has 14 heavy (non-hydrogen) atoms. The average Bonchev–Trinajstić information content (AvgIpc) is 2.27. The van der Waals surface area contributed by atoms with Gasteiger partial charge in [0, 0.05) is 25.0 Å². The van der Waals surface area contributed by atoms with Gasteiger partial charge in [0.2, 0.25) is 5.91 Å². The number of amides is 1. The highest BCUT2D eigenvalue weighted by atomic mass is 16.2. The van der Waals surface area contributed by atoms with Crippen molar-refractivity contribution in [3.8, 4) is 0 Å². The van der Waals surface area contributed by atoms with E-state index in [1.54, 1.807) is 0 Å². The van der Waals surface area contributed by atoms with Gasteiger partial charge in [-0.15, -0.1) is 0 Å². The summed E-state index contributed by atoms with van der Waals surface area (Å²) in [5.74, 6) is 0.587. The first-order chi connectivity index (χ1) is 6.59. The monoisotopic (exact) mass is 196 g/mol. The molecule has 1 atom stereocenters. The number of hydrogen-bond acceptors (Lipinski definition) is 2. The number of carbonyl (C=O) groups is 1. The van der Waals surface area contributed by atoms with Crippen LogP contribution in [0.3, 0.4) is 0 Å². The van der Waals surface area contributed by atoms with E-state index >= 15 is 0 Å². The second kappa shape index (κ2) is 3.54. The molecule has 0 aromatic carbocycles. The topological polar surface area (TPSA) is 41.1 Å². The second-order valence-corrected chi connectivity index (χ2v) is 5.31. The molecule has 1 aliphatic carbocycles. The quantitative estimate of drug-likeness (QED) is 0.689. The molecular formula is C11H20N2O. The zero-order valence-corrected chi connectivity index (χ0v) is 9.10. The molecule has 0 aromatic rings. The van der Waals surface area contributed by atoms with E-state index in [0.717, 1.165) is 25.9 Å². The molecule has 3 nitrogen and oxygen atoms in total. The van der Waals surface area contributed by atoms with Gasteiger partial charge in [0.15, 0.2) is 0 Å². The molecule has 2 N–H and O–H groups in total. The molecule has 0 radical (unpaired) electrons. The van der Waals surface area contributed by atoms with Gasteiger partial charge in [-0.3, -0.25) is 4.79 Å². The predicted molar refractivity (Wildman–Crippen MR) is 55.9 cm³/mol. The van der Waals surface area contributed by atoms with Crippen LogP contribution in [0.25, 0.3) is 0 Å². The minimum absolute atomic E-state index is 0.208. The highest BCUT2D eigenvalue weighted by Crippen LogP contribution is 2.28. The SMILES string of the molecule is CC1(C)CNCC1NC(=O)C1CCC1. The summed E-state index contributed by atoms with van der Waals surface area (Å²) in [7, 11) is 0. The summed E-state index contributed by atoms with van der Waals surface area (Å²) in [5, 5.41) is 6.50.